The molecule has 0 radical (unpaired) electrons. The van der Waals surface area contributed by atoms with Crippen LogP contribution in [0.2, 0.25) is 0 Å². The van der Waals surface area contributed by atoms with Crippen molar-refractivity contribution in [2.24, 2.45) is 0 Å². The fraction of sp³-hybridized carbons (Fsp3) is 0.154. The molecule has 4 nitrogen and oxygen atoms in total. The second kappa shape index (κ2) is 7.64. The second-order valence-electron chi connectivity index (χ2n) is 7.75. The van der Waals surface area contributed by atoms with Gasteiger partial charge in [0.2, 0.25) is 0 Å². The number of rotatable bonds is 4. The van der Waals surface area contributed by atoms with Crippen LogP contribution in [0.15, 0.2) is 72.4 Å². The summed E-state index contributed by atoms with van der Waals surface area (Å²) in [5, 5.41) is 3.23. The van der Waals surface area contributed by atoms with Crippen molar-refractivity contribution in [1.29, 1.82) is 0 Å². The molecule has 0 saturated heterocycles. The molecule has 3 aromatic rings. The van der Waals surface area contributed by atoms with Gasteiger partial charge in [-0.1, -0.05) is 42.5 Å². The summed E-state index contributed by atoms with van der Waals surface area (Å²) in [5.74, 6) is -0.666. The predicted octanol–water partition coefficient (Wildman–Crippen LogP) is 5.32. The van der Waals surface area contributed by atoms with Crippen molar-refractivity contribution in [2.45, 2.75) is 27.7 Å². The molecular formula is C26H24N2O2. The zero-order valence-electron chi connectivity index (χ0n) is 17.6. The number of aryl methyl sites for hydroxylation is 4. The number of benzene rings is 3. The lowest BCUT2D eigenvalue weighted by molar-refractivity contribution is -0.120. The quantitative estimate of drug-likeness (QED) is 0.608. The van der Waals surface area contributed by atoms with Gasteiger partial charge in [0.25, 0.3) is 11.8 Å². The Labute approximate surface area is 176 Å². The smallest absolute Gasteiger partial charge is 0.282 e. The van der Waals surface area contributed by atoms with Crippen molar-refractivity contribution < 1.29 is 9.59 Å². The van der Waals surface area contributed by atoms with E-state index in [0.717, 1.165) is 22.4 Å². The monoisotopic (exact) mass is 396 g/mol. The van der Waals surface area contributed by atoms with E-state index in [1.807, 2.05) is 94.4 Å². The van der Waals surface area contributed by atoms with E-state index >= 15 is 0 Å². The minimum absolute atomic E-state index is 0.299. The molecule has 0 saturated carbocycles. The molecule has 4 heteroatoms. The summed E-state index contributed by atoms with van der Waals surface area (Å²) in [5.41, 5.74) is 7.20. The molecule has 150 valence electrons. The van der Waals surface area contributed by atoms with Gasteiger partial charge in [0.15, 0.2) is 0 Å². The highest BCUT2D eigenvalue weighted by atomic mass is 16.2. The van der Waals surface area contributed by atoms with Crippen LogP contribution in [0.1, 0.15) is 27.8 Å². The number of nitrogens with one attached hydrogen (secondary N) is 1. The molecule has 0 aromatic heterocycles. The first-order chi connectivity index (χ1) is 14.4. The summed E-state index contributed by atoms with van der Waals surface area (Å²) in [6.07, 6.45) is 0. The van der Waals surface area contributed by atoms with Crippen molar-refractivity contribution in [1.82, 2.24) is 0 Å². The Morgan fingerprint density at radius 3 is 1.93 bits per heavy atom. The maximum Gasteiger partial charge on any atom is 0.282 e. The number of nitrogens with zero attached hydrogens (tertiary/aromatic N) is 1. The first kappa shape index (κ1) is 19.6. The van der Waals surface area contributed by atoms with Crippen molar-refractivity contribution in [3.05, 3.63) is 100 Å². The summed E-state index contributed by atoms with van der Waals surface area (Å²) in [6, 6.07) is 20.9. The molecular weight excluding hydrogens is 372 g/mol. The lowest BCUT2D eigenvalue weighted by Crippen LogP contribution is -2.32. The molecule has 0 atom stereocenters. The van der Waals surface area contributed by atoms with E-state index in [2.05, 4.69) is 5.32 Å². The second-order valence-corrected chi connectivity index (χ2v) is 7.75. The van der Waals surface area contributed by atoms with Gasteiger partial charge < -0.3 is 5.32 Å². The van der Waals surface area contributed by atoms with Gasteiger partial charge in [-0.3, -0.25) is 9.59 Å². The zero-order chi connectivity index (χ0) is 21.4. The average molecular weight is 396 g/mol. The van der Waals surface area contributed by atoms with E-state index in [-0.39, 0.29) is 11.8 Å². The van der Waals surface area contributed by atoms with Gasteiger partial charge in [-0.25, -0.2) is 4.90 Å². The Bertz CT molecular complexity index is 1190. The van der Waals surface area contributed by atoms with Crippen molar-refractivity contribution in [3.8, 4) is 0 Å². The summed E-state index contributed by atoms with van der Waals surface area (Å²) in [7, 11) is 0. The fourth-order valence-electron chi connectivity index (χ4n) is 3.58. The average Bonchev–Trinajstić information content (AvgIpc) is 2.97. The normalized spacial score (nSPS) is 13.9. The molecule has 4 rings (SSSR count). The van der Waals surface area contributed by atoms with E-state index in [0.29, 0.717) is 22.5 Å². The SMILES string of the molecule is Cc1ccc(NC2=C(c3ccccc3)C(=O)N(c3ccc(C)c(C)c3)C2=O)cc1C. The maximum absolute atomic E-state index is 13.4. The molecule has 0 fully saturated rings. The lowest BCUT2D eigenvalue weighted by atomic mass is 10.0. The van der Waals surface area contributed by atoms with E-state index in [4.69, 9.17) is 0 Å². The van der Waals surface area contributed by atoms with Gasteiger partial charge in [-0.15, -0.1) is 0 Å². The van der Waals surface area contributed by atoms with Crippen LogP contribution in [-0.4, -0.2) is 11.8 Å². The van der Waals surface area contributed by atoms with Crippen LogP contribution < -0.4 is 10.2 Å². The number of anilines is 2. The van der Waals surface area contributed by atoms with Crippen LogP contribution in [0.4, 0.5) is 11.4 Å². The number of imide groups is 1. The van der Waals surface area contributed by atoms with Crippen LogP contribution in [0.25, 0.3) is 5.57 Å². The number of carbonyl (C=O) groups excluding carboxylic acids is 2. The van der Waals surface area contributed by atoms with E-state index < -0.39 is 0 Å². The molecule has 0 spiro atoms. The van der Waals surface area contributed by atoms with Gasteiger partial charge >= 0.3 is 0 Å². The molecule has 0 bridgehead atoms. The molecule has 2 amide bonds. The summed E-state index contributed by atoms with van der Waals surface area (Å²) >= 11 is 0. The van der Waals surface area contributed by atoms with Gasteiger partial charge in [-0.05, 0) is 79.8 Å². The number of amides is 2. The Balaban J connectivity index is 1.82. The van der Waals surface area contributed by atoms with Crippen LogP contribution in [0, 0.1) is 27.7 Å². The number of hydrogen-bond acceptors (Lipinski definition) is 3. The van der Waals surface area contributed by atoms with Gasteiger partial charge in [0.05, 0.1) is 11.3 Å². The minimum atomic E-state index is -0.347. The van der Waals surface area contributed by atoms with E-state index in [1.54, 1.807) is 0 Å². The lowest BCUT2D eigenvalue weighted by Gasteiger charge is -2.17. The highest BCUT2D eigenvalue weighted by Crippen LogP contribution is 2.34. The zero-order valence-corrected chi connectivity index (χ0v) is 17.6. The molecule has 30 heavy (non-hydrogen) atoms. The van der Waals surface area contributed by atoms with Crippen molar-refractivity contribution >= 4 is 28.8 Å². The molecule has 1 aliphatic rings. The van der Waals surface area contributed by atoms with Crippen LogP contribution >= 0.6 is 0 Å². The highest BCUT2D eigenvalue weighted by molar-refractivity contribution is 6.46. The Morgan fingerprint density at radius 2 is 1.30 bits per heavy atom. The summed E-state index contributed by atoms with van der Waals surface area (Å²) in [4.78, 5) is 28.1. The van der Waals surface area contributed by atoms with Crippen LogP contribution in [-0.2, 0) is 9.59 Å². The molecule has 0 unspecified atom stereocenters. The van der Waals surface area contributed by atoms with E-state index in [1.165, 1.54) is 10.5 Å². The summed E-state index contributed by atoms with van der Waals surface area (Å²) in [6.45, 7) is 8.05. The van der Waals surface area contributed by atoms with Gasteiger partial charge in [0.1, 0.15) is 5.70 Å². The molecule has 0 aliphatic carbocycles. The maximum atomic E-state index is 13.4. The van der Waals surface area contributed by atoms with Crippen LogP contribution in [0.3, 0.4) is 0 Å². The fourth-order valence-corrected chi connectivity index (χ4v) is 3.58. The number of carbonyl (C=O) groups is 2. The largest absolute Gasteiger partial charge is 0.350 e. The third-order valence-corrected chi connectivity index (χ3v) is 5.67. The first-order valence-electron chi connectivity index (χ1n) is 9.97. The van der Waals surface area contributed by atoms with Gasteiger partial charge in [0, 0.05) is 5.69 Å². The minimum Gasteiger partial charge on any atom is -0.350 e. The standard InChI is InChI=1S/C26H24N2O2/c1-16-10-12-21(14-18(16)3)27-24-23(20-8-6-5-7-9-20)25(29)28(26(24)30)22-13-11-17(2)19(4)15-22/h5-15,27H,1-4H3. The third-order valence-electron chi connectivity index (χ3n) is 5.67. The first-order valence-corrected chi connectivity index (χ1v) is 9.97. The molecule has 1 aliphatic heterocycles. The number of hydrogen-bond donors (Lipinski definition) is 1. The Kier molecular flexibility index (Phi) is 5.00. The highest BCUT2D eigenvalue weighted by Gasteiger charge is 2.40. The molecule has 1 N–H and O–H groups in total. The van der Waals surface area contributed by atoms with Crippen molar-refractivity contribution in [2.75, 3.05) is 10.2 Å². The van der Waals surface area contributed by atoms with E-state index in [9.17, 15) is 9.59 Å². The summed E-state index contributed by atoms with van der Waals surface area (Å²) < 4.78 is 0. The third kappa shape index (κ3) is 3.41. The van der Waals surface area contributed by atoms with Crippen LogP contribution in [0.5, 0.6) is 0 Å². The van der Waals surface area contributed by atoms with Gasteiger partial charge in [-0.2, -0.15) is 0 Å². The predicted molar refractivity (Wildman–Crippen MR) is 121 cm³/mol. The van der Waals surface area contributed by atoms with Crippen molar-refractivity contribution in [3.63, 3.8) is 0 Å². The molecule has 1 heterocycles. The molecule has 3 aromatic carbocycles. The Morgan fingerprint density at radius 1 is 0.667 bits per heavy atom. The Hall–Kier alpha value is -3.66. The topological polar surface area (TPSA) is 49.4 Å².